The minimum absolute atomic E-state index is 0.0292. The van der Waals surface area contributed by atoms with Crippen molar-refractivity contribution in [2.24, 2.45) is 0 Å². The predicted octanol–water partition coefficient (Wildman–Crippen LogP) is 2.97. The zero-order chi connectivity index (χ0) is 19.1. The van der Waals surface area contributed by atoms with Gasteiger partial charge in [-0.25, -0.2) is 4.98 Å². The summed E-state index contributed by atoms with van der Waals surface area (Å²) < 4.78 is 0. The van der Waals surface area contributed by atoms with E-state index >= 15 is 0 Å². The lowest BCUT2D eigenvalue weighted by Crippen LogP contribution is -2.26. The van der Waals surface area contributed by atoms with Crippen molar-refractivity contribution in [1.29, 1.82) is 0 Å². The first-order chi connectivity index (χ1) is 13.1. The smallest absolute Gasteiger partial charge is 0.251 e. The molecule has 0 fully saturated rings. The Hall–Kier alpha value is -2.64. The van der Waals surface area contributed by atoms with Crippen molar-refractivity contribution < 1.29 is 4.79 Å². The van der Waals surface area contributed by atoms with Crippen molar-refractivity contribution in [1.82, 2.24) is 20.3 Å². The van der Waals surface area contributed by atoms with Crippen molar-refractivity contribution in [3.8, 4) is 0 Å². The highest BCUT2D eigenvalue weighted by Crippen LogP contribution is 2.20. The quantitative estimate of drug-likeness (QED) is 0.470. The van der Waals surface area contributed by atoms with Crippen molar-refractivity contribution in [3.05, 3.63) is 87.1 Å². The Labute approximate surface area is 165 Å². The molecule has 0 bridgehead atoms. The number of hydrogen-bond acceptors (Lipinski definition) is 5. The van der Waals surface area contributed by atoms with Gasteiger partial charge in [0.1, 0.15) is 0 Å². The molecule has 0 spiro atoms. The van der Waals surface area contributed by atoms with E-state index in [9.17, 15) is 9.59 Å². The number of aromatic nitrogens is 3. The second-order valence-corrected chi connectivity index (χ2v) is 7.14. The number of nitrogens with zero attached hydrogens (tertiary/aromatic N) is 2. The molecule has 2 aromatic heterocycles. The summed E-state index contributed by atoms with van der Waals surface area (Å²) in [7, 11) is 0. The third kappa shape index (κ3) is 6.23. The molecule has 0 saturated carbocycles. The Morgan fingerprint density at radius 2 is 2.04 bits per heavy atom. The van der Waals surface area contributed by atoms with E-state index in [0.717, 1.165) is 11.3 Å². The normalized spacial score (nSPS) is 10.6. The molecule has 3 rings (SSSR count). The van der Waals surface area contributed by atoms with Crippen molar-refractivity contribution in [2.75, 3.05) is 0 Å². The van der Waals surface area contributed by atoms with Crippen LogP contribution in [0.15, 0.2) is 64.7 Å². The molecule has 2 N–H and O–H groups in total. The first kappa shape index (κ1) is 19.1. The summed E-state index contributed by atoms with van der Waals surface area (Å²) >= 11 is 7.36. The van der Waals surface area contributed by atoms with E-state index in [4.69, 9.17) is 11.6 Å². The molecule has 0 saturated heterocycles. The number of nitrogens with one attached hydrogen (secondary N) is 2. The van der Waals surface area contributed by atoms with Gasteiger partial charge in [-0.15, -0.1) is 0 Å². The van der Waals surface area contributed by atoms with Gasteiger partial charge in [0.2, 0.25) is 5.91 Å². The van der Waals surface area contributed by atoms with Crippen molar-refractivity contribution in [2.45, 2.75) is 23.9 Å². The Bertz CT molecular complexity index is 979. The Kier molecular flexibility index (Phi) is 6.62. The van der Waals surface area contributed by atoms with Gasteiger partial charge in [-0.2, -0.15) is 0 Å². The van der Waals surface area contributed by atoms with E-state index in [1.54, 1.807) is 12.3 Å². The van der Waals surface area contributed by atoms with Crippen LogP contribution in [0.5, 0.6) is 0 Å². The Morgan fingerprint density at radius 3 is 2.81 bits per heavy atom. The van der Waals surface area contributed by atoms with Crippen LogP contribution in [-0.2, 0) is 23.5 Å². The van der Waals surface area contributed by atoms with Gasteiger partial charge in [0.05, 0.1) is 24.4 Å². The minimum Gasteiger partial charge on any atom is -0.350 e. The molecule has 0 atom stereocenters. The number of aromatic amines is 1. The van der Waals surface area contributed by atoms with Crippen LogP contribution in [0.4, 0.5) is 0 Å². The molecule has 0 aliphatic rings. The van der Waals surface area contributed by atoms with E-state index in [1.165, 1.54) is 17.8 Å². The third-order valence-electron chi connectivity index (χ3n) is 3.57. The molecule has 0 unspecified atom stereocenters. The maximum absolute atomic E-state index is 12.1. The lowest BCUT2D eigenvalue weighted by Gasteiger charge is -2.06. The number of carbonyl (C=O) groups excluding carboxylic acids is 1. The van der Waals surface area contributed by atoms with Gasteiger partial charge < -0.3 is 10.3 Å². The third-order valence-corrected chi connectivity index (χ3v) is 4.75. The standard InChI is InChI=1S/C19H17ClN4O2S/c20-14-5-3-4-13(8-14)12-27-19-23-16(10-18(26)24-19)9-17(25)22-11-15-6-1-2-7-21-15/h1-8,10H,9,11-12H2,(H,22,25)(H,23,24,26). The number of amides is 1. The van der Waals surface area contributed by atoms with Gasteiger partial charge in [0.15, 0.2) is 5.16 Å². The highest BCUT2D eigenvalue weighted by molar-refractivity contribution is 7.98. The molecule has 8 heteroatoms. The molecule has 0 aliphatic carbocycles. The monoisotopic (exact) mass is 400 g/mol. The molecular formula is C19H17ClN4O2S. The second kappa shape index (κ2) is 9.34. The molecule has 27 heavy (non-hydrogen) atoms. The number of H-pyrrole nitrogens is 1. The van der Waals surface area contributed by atoms with E-state index in [1.807, 2.05) is 36.4 Å². The minimum atomic E-state index is -0.286. The summed E-state index contributed by atoms with van der Waals surface area (Å²) in [6.07, 6.45) is 1.70. The number of pyridine rings is 1. The van der Waals surface area contributed by atoms with Gasteiger partial charge in [0, 0.05) is 23.0 Å². The van der Waals surface area contributed by atoms with Crippen LogP contribution in [0.1, 0.15) is 17.0 Å². The molecule has 0 radical (unpaired) electrons. The fourth-order valence-corrected chi connectivity index (χ4v) is 3.39. The van der Waals surface area contributed by atoms with Crippen LogP contribution in [0.25, 0.3) is 0 Å². The van der Waals surface area contributed by atoms with Gasteiger partial charge in [-0.1, -0.05) is 41.6 Å². The SMILES string of the molecule is O=C(Cc1cc(=O)[nH]c(SCc2cccc(Cl)c2)n1)NCc1ccccn1. The number of hydrogen-bond donors (Lipinski definition) is 2. The summed E-state index contributed by atoms with van der Waals surface area (Å²) in [6.45, 7) is 0.333. The Balaban J connectivity index is 1.59. The van der Waals surface area contributed by atoms with Gasteiger partial charge in [-0.05, 0) is 29.8 Å². The van der Waals surface area contributed by atoms with Crippen LogP contribution < -0.4 is 10.9 Å². The van der Waals surface area contributed by atoms with Gasteiger partial charge in [-0.3, -0.25) is 14.6 Å². The van der Waals surface area contributed by atoms with Crippen LogP contribution in [-0.4, -0.2) is 20.9 Å². The van der Waals surface area contributed by atoms with E-state index in [2.05, 4.69) is 20.3 Å². The number of halogens is 1. The lowest BCUT2D eigenvalue weighted by atomic mass is 10.2. The second-order valence-electron chi connectivity index (χ2n) is 5.74. The largest absolute Gasteiger partial charge is 0.350 e. The summed E-state index contributed by atoms with van der Waals surface area (Å²) in [6, 6.07) is 14.3. The highest BCUT2D eigenvalue weighted by Gasteiger charge is 2.08. The molecule has 0 aliphatic heterocycles. The molecule has 6 nitrogen and oxygen atoms in total. The van der Waals surface area contributed by atoms with E-state index in [-0.39, 0.29) is 17.9 Å². The predicted molar refractivity (Wildman–Crippen MR) is 106 cm³/mol. The first-order valence-electron chi connectivity index (χ1n) is 8.22. The Morgan fingerprint density at radius 1 is 1.15 bits per heavy atom. The number of thioether (sulfide) groups is 1. The number of carbonyl (C=O) groups is 1. The van der Waals surface area contributed by atoms with Crippen molar-refractivity contribution in [3.63, 3.8) is 0 Å². The van der Waals surface area contributed by atoms with E-state index in [0.29, 0.717) is 28.2 Å². The molecule has 1 amide bonds. The average Bonchev–Trinajstić information content (AvgIpc) is 2.65. The van der Waals surface area contributed by atoms with Crippen LogP contribution >= 0.6 is 23.4 Å². The van der Waals surface area contributed by atoms with E-state index < -0.39 is 0 Å². The topological polar surface area (TPSA) is 87.7 Å². The zero-order valence-electron chi connectivity index (χ0n) is 14.3. The summed E-state index contributed by atoms with van der Waals surface area (Å²) in [5.74, 6) is 0.392. The molecule has 2 heterocycles. The van der Waals surface area contributed by atoms with Crippen LogP contribution in [0.3, 0.4) is 0 Å². The van der Waals surface area contributed by atoms with Crippen LogP contribution in [0.2, 0.25) is 5.02 Å². The zero-order valence-corrected chi connectivity index (χ0v) is 15.9. The summed E-state index contributed by atoms with van der Waals surface area (Å²) in [5.41, 5.74) is 1.92. The lowest BCUT2D eigenvalue weighted by molar-refractivity contribution is -0.120. The summed E-state index contributed by atoms with van der Waals surface area (Å²) in [5, 5.41) is 3.90. The first-order valence-corrected chi connectivity index (χ1v) is 9.59. The molecule has 1 aromatic carbocycles. The fraction of sp³-hybridized carbons (Fsp3) is 0.158. The highest BCUT2D eigenvalue weighted by atomic mass is 35.5. The maximum atomic E-state index is 12.1. The fourth-order valence-electron chi connectivity index (χ4n) is 2.34. The number of rotatable bonds is 7. The number of benzene rings is 1. The van der Waals surface area contributed by atoms with Crippen molar-refractivity contribution >= 4 is 29.3 Å². The van der Waals surface area contributed by atoms with Gasteiger partial charge in [0.25, 0.3) is 5.56 Å². The molecular weight excluding hydrogens is 384 g/mol. The van der Waals surface area contributed by atoms with Crippen LogP contribution in [0, 0.1) is 0 Å². The molecule has 3 aromatic rings. The average molecular weight is 401 g/mol. The summed E-state index contributed by atoms with van der Waals surface area (Å²) in [4.78, 5) is 35.2. The van der Waals surface area contributed by atoms with Gasteiger partial charge >= 0.3 is 0 Å². The maximum Gasteiger partial charge on any atom is 0.251 e. The molecule has 138 valence electrons.